The third-order valence-corrected chi connectivity index (χ3v) is 4.71. The monoisotopic (exact) mass is 320 g/mol. The summed E-state index contributed by atoms with van der Waals surface area (Å²) in [6.45, 7) is 7.01. The number of fused-ring (bicyclic) bond motifs is 2. The number of aromatic nitrogens is 2. The van der Waals surface area contributed by atoms with Crippen molar-refractivity contribution in [2.45, 2.75) is 70.1 Å². The van der Waals surface area contributed by atoms with Crippen molar-refractivity contribution in [3.05, 3.63) is 5.89 Å². The molecule has 3 fully saturated rings. The quantitative estimate of drug-likeness (QED) is 0.834. The average Bonchev–Trinajstić information content (AvgIpc) is 3.14. The molecule has 4 rings (SSSR count). The van der Waals surface area contributed by atoms with Crippen LogP contribution in [0, 0.1) is 0 Å². The highest BCUT2D eigenvalue weighted by molar-refractivity contribution is 5.69. The number of ether oxygens (including phenoxy) is 1. The van der Waals surface area contributed by atoms with Gasteiger partial charge in [0.05, 0.1) is 12.1 Å². The maximum atomic E-state index is 12.3. The highest BCUT2D eigenvalue weighted by Gasteiger charge is 2.45. The van der Waals surface area contributed by atoms with E-state index in [1.165, 1.54) is 0 Å². The zero-order valence-electron chi connectivity index (χ0n) is 14.0. The number of amides is 1. The molecule has 23 heavy (non-hydrogen) atoms. The first kappa shape index (κ1) is 14.8. The summed E-state index contributed by atoms with van der Waals surface area (Å²) < 4.78 is 11.4. The summed E-state index contributed by atoms with van der Waals surface area (Å²) in [5.41, 5.74) is -0.459. The molecule has 0 radical (unpaired) electrons. The second kappa shape index (κ2) is 5.11. The lowest BCUT2D eigenvalue weighted by Crippen LogP contribution is -2.56. The summed E-state index contributed by atoms with van der Waals surface area (Å²) in [5.74, 6) is 1.24. The molecule has 1 amide bonds. The van der Waals surface area contributed by atoms with Crippen molar-refractivity contribution in [3.8, 4) is 0 Å². The van der Waals surface area contributed by atoms with Crippen LogP contribution in [0.1, 0.15) is 58.3 Å². The smallest absolute Gasteiger partial charge is 0.410 e. The molecule has 2 aliphatic heterocycles. The molecule has 0 aromatic carbocycles. The number of carbonyl (C=O) groups is 1. The molecule has 0 N–H and O–H groups in total. The molecule has 126 valence electrons. The fourth-order valence-electron chi connectivity index (χ4n) is 3.52. The minimum atomic E-state index is -0.459. The van der Waals surface area contributed by atoms with Crippen LogP contribution in [-0.4, -0.2) is 52.0 Å². The maximum Gasteiger partial charge on any atom is 0.410 e. The van der Waals surface area contributed by atoms with Gasteiger partial charge in [-0.25, -0.2) is 4.79 Å². The van der Waals surface area contributed by atoms with Gasteiger partial charge in [-0.2, -0.15) is 0 Å². The van der Waals surface area contributed by atoms with Crippen molar-refractivity contribution in [2.75, 3.05) is 18.0 Å². The van der Waals surface area contributed by atoms with Crippen LogP contribution < -0.4 is 4.90 Å². The van der Waals surface area contributed by atoms with Gasteiger partial charge >= 0.3 is 12.1 Å². The first-order chi connectivity index (χ1) is 10.9. The normalized spacial score (nSPS) is 27.4. The summed E-state index contributed by atoms with van der Waals surface area (Å²) in [4.78, 5) is 16.4. The minimum absolute atomic E-state index is 0.224. The van der Waals surface area contributed by atoms with Gasteiger partial charge in [-0.05, 0) is 46.5 Å². The van der Waals surface area contributed by atoms with Crippen LogP contribution in [0.15, 0.2) is 4.42 Å². The van der Waals surface area contributed by atoms with Crippen LogP contribution >= 0.6 is 0 Å². The number of hydrogen-bond acceptors (Lipinski definition) is 6. The van der Waals surface area contributed by atoms with E-state index in [9.17, 15) is 4.79 Å². The number of anilines is 1. The first-order valence-corrected chi connectivity index (χ1v) is 8.50. The second-order valence-corrected chi connectivity index (χ2v) is 7.87. The SMILES string of the molecule is CC(C)(C)OC(=O)N1CC2CCC(C1)N2c1nnc(C2CC2)o1. The molecule has 3 aliphatic rings. The van der Waals surface area contributed by atoms with Gasteiger partial charge in [0.25, 0.3) is 0 Å². The fourth-order valence-corrected chi connectivity index (χ4v) is 3.52. The lowest BCUT2D eigenvalue weighted by atomic mass is 10.2. The van der Waals surface area contributed by atoms with Crippen LogP contribution in [0.25, 0.3) is 0 Å². The number of carbonyl (C=O) groups excluding carboxylic acids is 1. The molecule has 2 unspecified atom stereocenters. The molecule has 1 aromatic heterocycles. The van der Waals surface area contributed by atoms with Gasteiger partial charge in [-0.1, -0.05) is 5.10 Å². The van der Waals surface area contributed by atoms with E-state index in [1.807, 2.05) is 25.7 Å². The van der Waals surface area contributed by atoms with Crippen LogP contribution in [-0.2, 0) is 4.74 Å². The molecule has 2 bridgehead atoms. The van der Waals surface area contributed by atoms with E-state index in [-0.39, 0.29) is 18.2 Å². The molecule has 1 aliphatic carbocycles. The number of hydrogen-bond donors (Lipinski definition) is 0. The maximum absolute atomic E-state index is 12.3. The molecule has 7 heteroatoms. The van der Waals surface area contributed by atoms with Crippen molar-refractivity contribution in [3.63, 3.8) is 0 Å². The Bertz CT molecular complexity index is 591. The van der Waals surface area contributed by atoms with Gasteiger partial charge in [-0.15, -0.1) is 5.10 Å². The van der Waals surface area contributed by atoms with Gasteiger partial charge in [0.15, 0.2) is 0 Å². The number of likely N-dealkylation sites (tertiary alicyclic amines) is 1. The zero-order valence-corrected chi connectivity index (χ0v) is 14.0. The summed E-state index contributed by atoms with van der Waals surface area (Å²) in [6, 6.07) is 1.12. The van der Waals surface area contributed by atoms with Crippen LogP contribution in [0.5, 0.6) is 0 Å². The van der Waals surface area contributed by atoms with Gasteiger partial charge in [0, 0.05) is 19.0 Å². The van der Waals surface area contributed by atoms with E-state index in [0.29, 0.717) is 25.0 Å². The first-order valence-electron chi connectivity index (χ1n) is 8.50. The molecule has 2 saturated heterocycles. The van der Waals surface area contributed by atoms with Crippen molar-refractivity contribution in [1.29, 1.82) is 0 Å². The molecule has 1 saturated carbocycles. The Morgan fingerprint density at radius 1 is 1.13 bits per heavy atom. The van der Waals surface area contributed by atoms with Gasteiger partial charge in [0.2, 0.25) is 5.89 Å². The van der Waals surface area contributed by atoms with Crippen molar-refractivity contribution < 1.29 is 13.9 Å². The third-order valence-electron chi connectivity index (χ3n) is 4.71. The summed E-state index contributed by atoms with van der Waals surface area (Å²) in [6.07, 6.45) is 4.18. The van der Waals surface area contributed by atoms with Crippen LogP contribution in [0.3, 0.4) is 0 Å². The topological polar surface area (TPSA) is 71.7 Å². The third kappa shape index (κ3) is 2.88. The van der Waals surface area contributed by atoms with E-state index >= 15 is 0 Å². The van der Waals surface area contributed by atoms with E-state index in [0.717, 1.165) is 31.6 Å². The van der Waals surface area contributed by atoms with E-state index in [1.54, 1.807) is 0 Å². The molecular formula is C16H24N4O3. The number of piperazine rings is 1. The Labute approximate surface area is 136 Å². The van der Waals surface area contributed by atoms with Crippen molar-refractivity contribution >= 4 is 12.1 Å². The molecule has 7 nitrogen and oxygen atoms in total. The van der Waals surface area contributed by atoms with E-state index in [4.69, 9.17) is 9.15 Å². The number of rotatable bonds is 2. The van der Waals surface area contributed by atoms with E-state index < -0.39 is 5.60 Å². The molecule has 1 aromatic rings. The zero-order chi connectivity index (χ0) is 16.2. The van der Waals surface area contributed by atoms with Gasteiger partial charge < -0.3 is 19.0 Å². The van der Waals surface area contributed by atoms with Gasteiger partial charge in [0.1, 0.15) is 5.60 Å². The van der Waals surface area contributed by atoms with Crippen molar-refractivity contribution in [1.82, 2.24) is 15.1 Å². The second-order valence-electron chi connectivity index (χ2n) is 7.87. The summed E-state index contributed by atoms with van der Waals surface area (Å²) >= 11 is 0. The van der Waals surface area contributed by atoms with Crippen molar-refractivity contribution in [2.24, 2.45) is 0 Å². The fraction of sp³-hybridized carbons (Fsp3) is 0.812. The van der Waals surface area contributed by atoms with Crippen LogP contribution in [0.2, 0.25) is 0 Å². The molecular weight excluding hydrogens is 296 g/mol. The average molecular weight is 320 g/mol. The Morgan fingerprint density at radius 2 is 1.78 bits per heavy atom. The Balaban J connectivity index is 1.46. The molecule has 0 spiro atoms. The lowest BCUT2D eigenvalue weighted by Gasteiger charge is -2.40. The number of nitrogens with zero attached hydrogens (tertiary/aromatic N) is 4. The van der Waals surface area contributed by atoms with Gasteiger partial charge in [-0.3, -0.25) is 0 Å². The van der Waals surface area contributed by atoms with Crippen LogP contribution in [0.4, 0.5) is 10.8 Å². The summed E-state index contributed by atoms with van der Waals surface area (Å²) in [5, 5.41) is 8.43. The largest absolute Gasteiger partial charge is 0.444 e. The Hall–Kier alpha value is -1.79. The van der Waals surface area contributed by atoms with E-state index in [2.05, 4.69) is 15.1 Å². The highest BCUT2D eigenvalue weighted by Crippen LogP contribution is 2.41. The predicted octanol–water partition coefficient (Wildman–Crippen LogP) is 2.54. The lowest BCUT2D eigenvalue weighted by molar-refractivity contribution is 0.0207. The highest BCUT2D eigenvalue weighted by atomic mass is 16.6. The predicted molar refractivity (Wildman–Crippen MR) is 83.4 cm³/mol. The molecule has 2 atom stereocenters. The molecule has 3 heterocycles. The standard InChI is InChI=1S/C16H24N4O3/c1-16(2,3)23-15(21)19-8-11-6-7-12(9-19)20(11)14-18-17-13(22-14)10-4-5-10/h10-12H,4-9H2,1-3H3. The minimum Gasteiger partial charge on any atom is -0.444 e. The summed E-state index contributed by atoms with van der Waals surface area (Å²) in [7, 11) is 0. The Kier molecular flexibility index (Phi) is 3.28. The Morgan fingerprint density at radius 3 is 2.35 bits per heavy atom.